The SMILES string of the molecule is CN(C)C(=O)N1CCCC(OS)C1. The Hall–Kier alpha value is -0.420. The van der Waals surface area contributed by atoms with Crippen molar-refractivity contribution >= 4 is 18.9 Å². The Labute approximate surface area is 84.4 Å². The summed E-state index contributed by atoms with van der Waals surface area (Å²) in [5.74, 6) is 0. The molecule has 0 bridgehead atoms. The lowest BCUT2D eigenvalue weighted by Gasteiger charge is -2.33. The number of nitrogens with zero attached hydrogens (tertiary/aromatic N) is 2. The second-order valence-electron chi connectivity index (χ2n) is 3.49. The van der Waals surface area contributed by atoms with Crippen LogP contribution in [0, 0.1) is 0 Å². The van der Waals surface area contributed by atoms with E-state index in [1.807, 2.05) is 0 Å². The molecule has 1 aliphatic heterocycles. The largest absolute Gasteiger partial charge is 0.331 e. The van der Waals surface area contributed by atoms with E-state index in [2.05, 4.69) is 12.9 Å². The molecule has 0 spiro atoms. The van der Waals surface area contributed by atoms with E-state index in [9.17, 15) is 4.79 Å². The fraction of sp³-hybridized carbons (Fsp3) is 0.875. The summed E-state index contributed by atoms with van der Waals surface area (Å²) in [6.45, 7) is 1.48. The number of rotatable bonds is 1. The molecule has 1 fully saturated rings. The summed E-state index contributed by atoms with van der Waals surface area (Å²) in [5.41, 5.74) is 0. The Morgan fingerprint density at radius 1 is 1.62 bits per heavy atom. The van der Waals surface area contributed by atoms with E-state index in [1.165, 1.54) is 0 Å². The number of likely N-dealkylation sites (tertiary alicyclic amines) is 1. The number of hydrogen-bond acceptors (Lipinski definition) is 3. The van der Waals surface area contributed by atoms with Crippen LogP contribution >= 0.6 is 12.9 Å². The number of piperidine rings is 1. The van der Waals surface area contributed by atoms with Crippen LogP contribution in [0.2, 0.25) is 0 Å². The third-order valence-corrected chi connectivity index (χ3v) is 2.48. The van der Waals surface area contributed by atoms with Gasteiger partial charge in [-0.25, -0.2) is 4.79 Å². The summed E-state index contributed by atoms with van der Waals surface area (Å²) >= 11 is 3.77. The van der Waals surface area contributed by atoms with Gasteiger partial charge in [0.2, 0.25) is 0 Å². The molecule has 0 N–H and O–H groups in total. The van der Waals surface area contributed by atoms with Gasteiger partial charge in [0.1, 0.15) is 0 Å². The van der Waals surface area contributed by atoms with E-state index in [0.717, 1.165) is 19.4 Å². The van der Waals surface area contributed by atoms with Crippen molar-refractivity contribution in [2.75, 3.05) is 27.2 Å². The Balaban J connectivity index is 2.46. The van der Waals surface area contributed by atoms with E-state index in [4.69, 9.17) is 4.18 Å². The maximum atomic E-state index is 11.5. The van der Waals surface area contributed by atoms with Crippen LogP contribution in [0.5, 0.6) is 0 Å². The van der Waals surface area contributed by atoms with Gasteiger partial charge in [-0.15, -0.1) is 0 Å². The van der Waals surface area contributed by atoms with Crippen LogP contribution < -0.4 is 0 Å². The van der Waals surface area contributed by atoms with E-state index in [1.54, 1.807) is 23.9 Å². The maximum Gasteiger partial charge on any atom is 0.319 e. The third kappa shape index (κ3) is 2.77. The quantitative estimate of drug-likeness (QED) is 0.510. The van der Waals surface area contributed by atoms with Crippen molar-refractivity contribution in [1.82, 2.24) is 9.80 Å². The van der Waals surface area contributed by atoms with Crippen molar-refractivity contribution in [1.29, 1.82) is 0 Å². The highest BCUT2D eigenvalue weighted by Gasteiger charge is 2.24. The number of hydrogen-bond donors (Lipinski definition) is 1. The summed E-state index contributed by atoms with van der Waals surface area (Å²) in [6, 6.07) is 0.0510. The number of carbonyl (C=O) groups is 1. The van der Waals surface area contributed by atoms with E-state index in [0.29, 0.717) is 6.54 Å². The highest BCUT2D eigenvalue weighted by molar-refractivity contribution is 7.75. The molecule has 1 rings (SSSR count). The zero-order valence-corrected chi connectivity index (χ0v) is 8.96. The van der Waals surface area contributed by atoms with Gasteiger partial charge in [0.15, 0.2) is 0 Å². The first-order valence-corrected chi connectivity index (χ1v) is 4.78. The Bertz CT molecular complexity index is 187. The zero-order chi connectivity index (χ0) is 9.84. The van der Waals surface area contributed by atoms with Gasteiger partial charge >= 0.3 is 6.03 Å². The molecule has 0 aromatic rings. The highest BCUT2D eigenvalue weighted by Crippen LogP contribution is 2.14. The van der Waals surface area contributed by atoms with Crippen LogP contribution in [-0.2, 0) is 4.18 Å². The molecule has 5 heteroatoms. The first-order chi connectivity index (χ1) is 6.15. The monoisotopic (exact) mass is 204 g/mol. The van der Waals surface area contributed by atoms with Crippen molar-refractivity contribution < 1.29 is 8.98 Å². The maximum absolute atomic E-state index is 11.5. The van der Waals surface area contributed by atoms with Crippen LogP contribution in [0.25, 0.3) is 0 Å². The Morgan fingerprint density at radius 3 is 2.85 bits per heavy atom. The molecule has 0 aliphatic carbocycles. The molecular formula is C8H16N2O2S. The summed E-state index contributed by atoms with van der Waals surface area (Å²) < 4.78 is 4.93. The van der Waals surface area contributed by atoms with E-state index in [-0.39, 0.29) is 12.1 Å². The number of thiol groups is 1. The second kappa shape index (κ2) is 4.72. The predicted molar refractivity (Wildman–Crippen MR) is 53.7 cm³/mol. The van der Waals surface area contributed by atoms with Crippen LogP contribution in [0.15, 0.2) is 0 Å². The van der Waals surface area contributed by atoms with Gasteiger partial charge < -0.3 is 14.0 Å². The normalized spacial score (nSPS) is 23.0. The second-order valence-corrected chi connectivity index (χ2v) is 3.70. The average Bonchev–Trinajstić information content (AvgIpc) is 2.16. The first kappa shape index (κ1) is 10.7. The molecule has 0 aromatic heterocycles. The molecule has 1 saturated heterocycles. The molecule has 0 aromatic carbocycles. The number of amides is 2. The van der Waals surface area contributed by atoms with Gasteiger partial charge in [-0.2, -0.15) is 0 Å². The number of urea groups is 1. The summed E-state index contributed by atoms with van der Waals surface area (Å²) in [7, 11) is 3.51. The summed E-state index contributed by atoms with van der Waals surface area (Å²) in [5, 5.41) is 0. The average molecular weight is 204 g/mol. The van der Waals surface area contributed by atoms with Crippen LogP contribution in [0.3, 0.4) is 0 Å². The van der Waals surface area contributed by atoms with Gasteiger partial charge in [0.05, 0.1) is 6.10 Å². The topological polar surface area (TPSA) is 32.8 Å². The molecule has 1 aliphatic rings. The van der Waals surface area contributed by atoms with Gasteiger partial charge in [-0.1, -0.05) is 0 Å². The summed E-state index contributed by atoms with van der Waals surface area (Å²) in [6.07, 6.45) is 2.06. The highest BCUT2D eigenvalue weighted by atomic mass is 32.1. The molecule has 0 saturated carbocycles. The molecule has 0 radical (unpaired) electrons. The molecular weight excluding hydrogens is 188 g/mol. The molecule has 76 valence electrons. The standard InChI is InChI=1S/C8H16N2O2S/c1-9(2)8(11)10-5-3-4-7(6-10)12-13/h7,13H,3-6H2,1-2H3. The third-order valence-electron chi connectivity index (χ3n) is 2.18. The molecule has 1 heterocycles. The van der Waals surface area contributed by atoms with Crippen molar-refractivity contribution in [3.63, 3.8) is 0 Å². The van der Waals surface area contributed by atoms with Crippen LogP contribution in [0.1, 0.15) is 12.8 Å². The van der Waals surface area contributed by atoms with Gasteiger partial charge in [-0.05, 0) is 25.8 Å². The van der Waals surface area contributed by atoms with Crippen molar-refractivity contribution in [3.8, 4) is 0 Å². The fourth-order valence-electron chi connectivity index (χ4n) is 1.48. The van der Waals surface area contributed by atoms with Crippen molar-refractivity contribution in [2.45, 2.75) is 18.9 Å². The van der Waals surface area contributed by atoms with Crippen molar-refractivity contribution in [2.24, 2.45) is 0 Å². The minimum Gasteiger partial charge on any atom is -0.331 e. The molecule has 4 nitrogen and oxygen atoms in total. The predicted octanol–water partition coefficient (Wildman–Crippen LogP) is 0.994. The van der Waals surface area contributed by atoms with Gasteiger partial charge in [0, 0.05) is 27.2 Å². The minimum absolute atomic E-state index is 0.0510. The zero-order valence-electron chi connectivity index (χ0n) is 8.06. The smallest absolute Gasteiger partial charge is 0.319 e. The lowest BCUT2D eigenvalue weighted by atomic mass is 10.1. The Morgan fingerprint density at radius 2 is 2.31 bits per heavy atom. The molecule has 13 heavy (non-hydrogen) atoms. The van der Waals surface area contributed by atoms with Gasteiger partial charge in [-0.3, -0.25) is 0 Å². The van der Waals surface area contributed by atoms with E-state index >= 15 is 0 Å². The van der Waals surface area contributed by atoms with Gasteiger partial charge in [0.25, 0.3) is 0 Å². The van der Waals surface area contributed by atoms with Crippen molar-refractivity contribution in [3.05, 3.63) is 0 Å². The lowest BCUT2D eigenvalue weighted by Crippen LogP contribution is -2.46. The fourth-order valence-corrected chi connectivity index (χ4v) is 1.65. The van der Waals surface area contributed by atoms with E-state index < -0.39 is 0 Å². The number of carbonyl (C=O) groups excluding carboxylic acids is 1. The lowest BCUT2D eigenvalue weighted by molar-refractivity contribution is 0.106. The van der Waals surface area contributed by atoms with Crippen LogP contribution in [0.4, 0.5) is 4.79 Å². The minimum atomic E-state index is 0.0510. The molecule has 1 atom stereocenters. The summed E-state index contributed by atoms with van der Waals surface area (Å²) in [4.78, 5) is 14.9. The first-order valence-electron chi connectivity index (χ1n) is 4.41. The molecule has 2 amide bonds. The van der Waals surface area contributed by atoms with Crippen LogP contribution in [-0.4, -0.2) is 49.1 Å². The Kier molecular flexibility index (Phi) is 3.87. The molecule has 1 unspecified atom stereocenters.